The van der Waals surface area contributed by atoms with E-state index in [0.29, 0.717) is 36.3 Å². The third-order valence-electron chi connectivity index (χ3n) is 7.07. The number of aromatic nitrogens is 2. The number of nitrogens with one attached hydrogen (secondary N) is 1. The van der Waals surface area contributed by atoms with Crippen LogP contribution in [0.15, 0.2) is 42.5 Å². The molecular formula is C29H35N5O7. The van der Waals surface area contributed by atoms with Gasteiger partial charge in [0, 0.05) is 38.2 Å². The summed E-state index contributed by atoms with van der Waals surface area (Å²) in [7, 11) is 0. The van der Waals surface area contributed by atoms with Crippen LogP contribution in [0.3, 0.4) is 0 Å². The van der Waals surface area contributed by atoms with Crippen LogP contribution < -0.4 is 5.32 Å². The van der Waals surface area contributed by atoms with Crippen LogP contribution in [0.1, 0.15) is 55.2 Å². The van der Waals surface area contributed by atoms with E-state index in [1.165, 1.54) is 9.80 Å². The zero-order valence-electron chi connectivity index (χ0n) is 23.0. The van der Waals surface area contributed by atoms with E-state index < -0.39 is 36.0 Å². The van der Waals surface area contributed by atoms with Crippen LogP contribution in [-0.2, 0) is 14.3 Å². The number of hydrogen-bond donors (Lipinski definition) is 3. The molecule has 41 heavy (non-hydrogen) atoms. The Labute approximate surface area is 238 Å². The van der Waals surface area contributed by atoms with Gasteiger partial charge in [-0.15, -0.1) is 0 Å². The van der Waals surface area contributed by atoms with Crippen LogP contribution in [0.4, 0.5) is 4.79 Å². The highest BCUT2D eigenvalue weighted by Crippen LogP contribution is 2.28. The number of aliphatic hydroxyl groups is 1. The molecule has 1 aliphatic heterocycles. The number of nitrogens with zero attached hydrogens (tertiary/aromatic N) is 4. The Morgan fingerprint density at radius 2 is 1.78 bits per heavy atom. The summed E-state index contributed by atoms with van der Waals surface area (Å²) in [5.74, 6) is -1.81. The molecule has 1 aliphatic carbocycles. The van der Waals surface area contributed by atoms with Crippen LogP contribution in [0.2, 0.25) is 0 Å². The number of hydrogen-bond acceptors (Lipinski definition) is 8. The normalized spacial score (nSPS) is 17.8. The van der Waals surface area contributed by atoms with Crippen molar-refractivity contribution in [3.05, 3.63) is 53.9 Å². The van der Waals surface area contributed by atoms with Gasteiger partial charge >= 0.3 is 12.1 Å². The number of carbonyl (C=O) groups excluding carboxylic acids is 3. The lowest BCUT2D eigenvalue weighted by Gasteiger charge is -2.35. The highest BCUT2D eigenvalue weighted by atomic mass is 16.6. The van der Waals surface area contributed by atoms with Crippen molar-refractivity contribution in [2.24, 2.45) is 0 Å². The molecule has 12 nitrogen and oxygen atoms in total. The van der Waals surface area contributed by atoms with Gasteiger partial charge in [0.2, 0.25) is 5.91 Å². The van der Waals surface area contributed by atoms with Crippen molar-refractivity contribution >= 4 is 29.5 Å². The van der Waals surface area contributed by atoms with Crippen molar-refractivity contribution in [2.75, 3.05) is 32.8 Å². The van der Waals surface area contributed by atoms with Crippen molar-refractivity contribution in [2.45, 2.75) is 51.2 Å². The van der Waals surface area contributed by atoms with Gasteiger partial charge in [-0.3, -0.25) is 14.4 Å². The molecule has 3 N–H and O–H groups in total. The van der Waals surface area contributed by atoms with E-state index in [0.717, 1.165) is 5.57 Å². The number of carboxylic acid groups (broad SMARTS) is 1. The lowest BCUT2D eigenvalue weighted by molar-refractivity contribution is -0.138. The molecule has 1 aromatic carbocycles. The van der Waals surface area contributed by atoms with Crippen LogP contribution in [0.5, 0.6) is 0 Å². The fourth-order valence-electron chi connectivity index (χ4n) is 4.80. The van der Waals surface area contributed by atoms with Crippen LogP contribution in [0.25, 0.3) is 17.0 Å². The Hall–Kier alpha value is -4.32. The Balaban J connectivity index is 1.56. The number of ether oxygens (including phenoxy) is 1. The van der Waals surface area contributed by atoms with E-state index in [-0.39, 0.29) is 51.3 Å². The molecule has 2 aliphatic rings. The Morgan fingerprint density at radius 3 is 2.41 bits per heavy atom. The summed E-state index contributed by atoms with van der Waals surface area (Å²) >= 11 is 0. The summed E-state index contributed by atoms with van der Waals surface area (Å²) in [6, 6.07) is 9.65. The summed E-state index contributed by atoms with van der Waals surface area (Å²) in [5.41, 5.74) is 2.19. The van der Waals surface area contributed by atoms with Gasteiger partial charge in [-0.05, 0) is 44.2 Å². The summed E-state index contributed by atoms with van der Waals surface area (Å²) < 4.78 is 5.02. The fourth-order valence-corrected chi connectivity index (χ4v) is 4.80. The van der Waals surface area contributed by atoms with Crippen molar-refractivity contribution in [1.29, 1.82) is 0 Å². The quantitative estimate of drug-likeness (QED) is 0.414. The van der Waals surface area contributed by atoms with Gasteiger partial charge in [0.25, 0.3) is 5.91 Å². The smallest absolute Gasteiger partial charge is 0.409 e. The number of carbonyl (C=O) groups is 4. The van der Waals surface area contributed by atoms with E-state index in [9.17, 15) is 29.4 Å². The molecule has 2 atom stereocenters. The maximum absolute atomic E-state index is 13.5. The third kappa shape index (κ3) is 7.88. The topological polar surface area (TPSA) is 162 Å². The molecule has 0 radical (unpaired) electrons. The summed E-state index contributed by atoms with van der Waals surface area (Å²) in [6.07, 6.45) is 2.25. The minimum atomic E-state index is -1.10. The molecular weight excluding hydrogens is 530 g/mol. The van der Waals surface area contributed by atoms with E-state index in [1.54, 1.807) is 13.0 Å². The first-order chi connectivity index (χ1) is 19.7. The molecule has 3 amide bonds. The first kappa shape index (κ1) is 29.7. The Bertz CT molecular complexity index is 1290. The van der Waals surface area contributed by atoms with E-state index in [1.807, 2.05) is 36.4 Å². The molecule has 1 aromatic heterocycles. The predicted molar refractivity (Wildman–Crippen MR) is 149 cm³/mol. The number of carboxylic acids is 1. The van der Waals surface area contributed by atoms with Crippen molar-refractivity contribution < 1.29 is 34.1 Å². The molecule has 4 rings (SSSR count). The highest BCUT2D eigenvalue weighted by Gasteiger charge is 2.31. The van der Waals surface area contributed by atoms with Crippen molar-refractivity contribution in [3.63, 3.8) is 0 Å². The van der Waals surface area contributed by atoms with E-state index in [2.05, 4.69) is 15.3 Å². The van der Waals surface area contributed by atoms with Crippen LogP contribution >= 0.6 is 0 Å². The largest absolute Gasteiger partial charge is 0.481 e. The molecule has 2 heterocycles. The molecule has 0 spiro atoms. The van der Waals surface area contributed by atoms with Gasteiger partial charge in [-0.1, -0.05) is 36.4 Å². The summed E-state index contributed by atoms with van der Waals surface area (Å²) in [4.78, 5) is 62.5. The molecule has 12 heteroatoms. The monoisotopic (exact) mass is 565 g/mol. The number of aliphatic hydroxyl groups excluding tert-OH is 1. The second-order valence-electron chi connectivity index (χ2n) is 9.96. The fraction of sp³-hybridized carbons (Fsp3) is 0.448. The van der Waals surface area contributed by atoms with Crippen molar-refractivity contribution in [1.82, 2.24) is 25.1 Å². The maximum atomic E-state index is 13.5. The summed E-state index contributed by atoms with van der Waals surface area (Å²) in [6.45, 7) is 2.96. The molecule has 1 fully saturated rings. The molecule has 2 aromatic rings. The average Bonchev–Trinajstić information content (AvgIpc) is 2.99. The SMILES string of the molecule is CCOC(=O)N1CCN(C(=O)C(CCC(=O)O)NC(=O)c2cc(C3=CCC(O)CC3)nc(-c3ccccc3)n2)CC1. The number of amides is 3. The van der Waals surface area contributed by atoms with E-state index in [4.69, 9.17) is 4.74 Å². The molecule has 1 saturated heterocycles. The first-order valence-corrected chi connectivity index (χ1v) is 13.8. The second-order valence-corrected chi connectivity index (χ2v) is 9.96. The first-order valence-electron chi connectivity index (χ1n) is 13.8. The zero-order chi connectivity index (χ0) is 29.4. The van der Waals surface area contributed by atoms with Gasteiger partial charge in [-0.2, -0.15) is 0 Å². The number of benzene rings is 1. The molecule has 0 saturated carbocycles. The van der Waals surface area contributed by atoms with Crippen molar-refractivity contribution in [3.8, 4) is 11.4 Å². The minimum Gasteiger partial charge on any atom is -0.481 e. The van der Waals surface area contributed by atoms with Crippen LogP contribution in [-0.4, -0.2) is 98.8 Å². The van der Waals surface area contributed by atoms with Gasteiger partial charge in [-0.25, -0.2) is 14.8 Å². The lowest BCUT2D eigenvalue weighted by atomic mass is 9.94. The molecule has 0 bridgehead atoms. The number of allylic oxidation sites excluding steroid dienone is 1. The maximum Gasteiger partial charge on any atom is 0.409 e. The standard InChI is InChI=1S/C29H35N5O7/c1-2-41-29(40)34-16-14-33(15-17-34)28(39)22(12-13-25(36)37)32-27(38)24-18-23(19-8-10-21(35)11-9-19)30-26(31-24)20-6-4-3-5-7-20/h3-8,18,21-22,35H,2,9-17H2,1H3,(H,32,38)(H,36,37). The Kier molecular flexibility index (Phi) is 10.0. The van der Waals surface area contributed by atoms with Gasteiger partial charge < -0.3 is 30.1 Å². The van der Waals surface area contributed by atoms with Gasteiger partial charge in [0.1, 0.15) is 11.7 Å². The summed E-state index contributed by atoms with van der Waals surface area (Å²) in [5, 5.41) is 21.9. The second kappa shape index (κ2) is 13.8. The zero-order valence-corrected chi connectivity index (χ0v) is 23.0. The number of piperazine rings is 1. The third-order valence-corrected chi connectivity index (χ3v) is 7.07. The van der Waals surface area contributed by atoms with E-state index >= 15 is 0 Å². The van der Waals surface area contributed by atoms with Gasteiger partial charge in [0.15, 0.2) is 5.82 Å². The number of aliphatic carboxylic acids is 1. The average molecular weight is 566 g/mol. The van der Waals surface area contributed by atoms with Gasteiger partial charge in [0.05, 0.1) is 18.4 Å². The highest BCUT2D eigenvalue weighted by molar-refractivity contribution is 5.97. The molecule has 218 valence electrons. The minimum absolute atomic E-state index is 0.0427. The molecule has 2 unspecified atom stereocenters. The lowest BCUT2D eigenvalue weighted by Crippen LogP contribution is -2.56. The Morgan fingerprint density at radius 1 is 1.07 bits per heavy atom. The van der Waals surface area contributed by atoms with Crippen LogP contribution in [0, 0.1) is 0 Å². The number of rotatable bonds is 9. The predicted octanol–water partition coefficient (Wildman–Crippen LogP) is 2.34.